The molecule has 0 aliphatic carbocycles. The Kier molecular flexibility index (Phi) is 7.20. The van der Waals surface area contributed by atoms with Crippen LogP contribution in [0.4, 0.5) is 5.69 Å². The van der Waals surface area contributed by atoms with E-state index in [1.807, 2.05) is 30.3 Å². The summed E-state index contributed by atoms with van der Waals surface area (Å²) in [6.45, 7) is 1.87. The van der Waals surface area contributed by atoms with Gasteiger partial charge >= 0.3 is 5.97 Å². The second-order valence-electron chi connectivity index (χ2n) is 8.56. The molecule has 0 unspecified atom stereocenters. The lowest BCUT2D eigenvalue weighted by atomic mass is 9.93. The molecule has 4 aromatic rings. The summed E-state index contributed by atoms with van der Waals surface area (Å²) in [4.78, 5) is 43.3. The van der Waals surface area contributed by atoms with Gasteiger partial charge in [-0.15, -0.1) is 0 Å². The lowest BCUT2D eigenvalue weighted by Crippen LogP contribution is -2.40. The van der Waals surface area contributed by atoms with Crippen molar-refractivity contribution in [2.45, 2.75) is 13.0 Å². The zero-order chi connectivity index (χ0) is 27.5. The minimum atomic E-state index is -0.825. The minimum Gasteiger partial charge on any atom is -0.497 e. The van der Waals surface area contributed by atoms with Gasteiger partial charge in [0.2, 0.25) is 0 Å². The normalized spacial score (nSPS) is 14.9. The molecule has 0 spiro atoms. The number of ether oxygens (including phenoxy) is 2. The molecule has 0 saturated carbocycles. The van der Waals surface area contributed by atoms with Crippen molar-refractivity contribution in [3.63, 3.8) is 0 Å². The van der Waals surface area contributed by atoms with Crippen molar-refractivity contribution in [3.8, 4) is 5.75 Å². The third-order valence-corrected chi connectivity index (χ3v) is 7.17. The second-order valence-corrected chi connectivity index (χ2v) is 9.57. The molecule has 0 amide bonds. The number of aromatic nitrogens is 1. The van der Waals surface area contributed by atoms with Crippen LogP contribution in [0.25, 0.3) is 11.8 Å². The van der Waals surface area contributed by atoms with Crippen molar-refractivity contribution in [1.29, 1.82) is 0 Å². The van der Waals surface area contributed by atoms with Gasteiger partial charge in [-0.2, -0.15) is 0 Å². The van der Waals surface area contributed by atoms with Crippen molar-refractivity contribution >= 4 is 34.8 Å². The number of nitro groups is 1. The summed E-state index contributed by atoms with van der Waals surface area (Å²) >= 11 is 1.15. The predicted octanol–water partition coefficient (Wildman–Crippen LogP) is 3.85. The number of methoxy groups -OCH3 is 1. The number of thiazole rings is 1. The molecule has 0 N–H and O–H groups in total. The molecule has 1 atom stereocenters. The van der Waals surface area contributed by atoms with Gasteiger partial charge in [-0.25, -0.2) is 9.79 Å². The largest absolute Gasteiger partial charge is 0.497 e. The van der Waals surface area contributed by atoms with Gasteiger partial charge in [0, 0.05) is 17.7 Å². The Morgan fingerprint density at radius 1 is 1.10 bits per heavy atom. The fourth-order valence-corrected chi connectivity index (χ4v) is 5.42. The quantitative estimate of drug-likeness (QED) is 0.200. The van der Waals surface area contributed by atoms with E-state index >= 15 is 0 Å². The highest BCUT2D eigenvalue weighted by atomic mass is 32.1. The van der Waals surface area contributed by atoms with Crippen LogP contribution < -0.4 is 19.6 Å². The molecule has 2 heterocycles. The molecule has 0 saturated heterocycles. The SMILES string of the molecule is CCOC(=O)C1=C(c2ccccc2)N=c2s/c(=C\c3cccc([N+](=O)[O-])c3)c(=O)n2[C@H]1c1ccc(OC)cc1. The number of carbonyl (C=O) groups excluding carboxylic acids is 1. The fraction of sp³-hybridized carbons (Fsp3) is 0.138. The van der Waals surface area contributed by atoms with Crippen LogP contribution in [-0.4, -0.2) is 29.2 Å². The standard InChI is InChI=1S/C29H23N3O6S/c1-3-38-28(34)24-25(19-9-5-4-6-10-19)30-29-31(26(24)20-12-14-22(37-2)15-13-20)27(33)23(39-29)17-18-8-7-11-21(16-18)32(35)36/h4-17,26H,3H2,1-2H3/b23-17-/t26-/m0/s1. The van der Waals surface area contributed by atoms with E-state index in [1.165, 1.54) is 16.7 Å². The van der Waals surface area contributed by atoms with Gasteiger partial charge in [0.05, 0.1) is 40.5 Å². The maximum Gasteiger partial charge on any atom is 0.338 e. The van der Waals surface area contributed by atoms with Gasteiger partial charge in [0.25, 0.3) is 11.2 Å². The Bertz CT molecular complexity index is 1770. The monoisotopic (exact) mass is 541 g/mol. The number of benzene rings is 3. The number of hydrogen-bond acceptors (Lipinski definition) is 8. The van der Waals surface area contributed by atoms with Gasteiger partial charge in [-0.3, -0.25) is 19.5 Å². The number of non-ortho nitro benzene ring substituents is 1. The molecule has 39 heavy (non-hydrogen) atoms. The summed E-state index contributed by atoms with van der Waals surface area (Å²) in [5.41, 5.74) is 2.08. The van der Waals surface area contributed by atoms with Crippen LogP contribution in [0.2, 0.25) is 0 Å². The van der Waals surface area contributed by atoms with Gasteiger partial charge in [-0.1, -0.05) is 65.9 Å². The number of esters is 1. The number of nitro benzene ring substituents is 1. The molecular formula is C29H23N3O6S. The summed E-state index contributed by atoms with van der Waals surface area (Å²) in [6.07, 6.45) is 1.60. The van der Waals surface area contributed by atoms with E-state index in [-0.39, 0.29) is 23.4 Å². The van der Waals surface area contributed by atoms with Crippen LogP contribution in [0.3, 0.4) is 0 Å². The zero-order valence-corrected chi connectivity index (χ0v) is 21.9. The Hall–Kier alpha value is -4.83. The molecule has 1 aliphatic heterocycles. The third-order valence-electron chi connectivity index (χ3n) is 6.18. The average molecular weight is 542 g/mol. The molecule has 3 aromatic carbocycles. The number of carbonyl (C=O) groups is 1. The summed E-state index contributed by atoms with van der Waals surface area (Å²) in [5.74, 6) is 0.0515. The summed E-state index contributed by atoms with van der Waals surface area (Å²) < 4.78 is 12.6. The van der Waals surface area contributed by atoms with Crippen molar-refractivity contribution in [1.82, 2.24) is 4.57 Å². The first-order chi connectivity index (χ1) is 18.9. The second kappa shape index (κ2) is 10.9. The molecule has 1 aromatic heterocycles. The van der Waals surface area contributed by atoms with Crippen LogP contribution in [0.15, 0.2) is 94.2 Å². The van der Waals surface area contributed by atoms with E-state index < -0.39 is 16.9 Å². The third kappa shape index (κ3) is 5.01. The lowest BCUT2D eigenvalue weighted by molar-refractivity contribution is -0.384. The molecule has 0 bridgehead atoms. The van der Waals surface area contributed by atoms with Gasteiger partial charge in [0.15, 0.2) is 4.80 Å². The number of rotatable bonds is 7. The Morgan fingerprint density at radius 3 is 2.51 bits per heavy atom. The highest BCUT2D eigenvalue weighted by molar-refractivity contribution is 7.07. The van der Waals surface area contributed by atoms with E-state index in [9.17, 15) is 19.7 Å². The Morgan fingerprint density at radius 2 is 1.85 bits per heavy atom. The number of nitrogens with zero attached hydrogens (tertiary/aromatic N) is 3. The molecule has 5 rings (SSSR count). The predicted molar refractivity (Wildman–Crippen MR) is 147 cm³/mol. The van der Waals surface area contributed by atoms with Crippen LogP contribution in [0, 0.1) is 10.1 Å². The van der Waals surface area contributed by atoms with Crippen LogP contribution in [0.1, 0.15) is 29.7 Å². The number of fused-ring (bicyclic) bond motifs is 1. The van der Waals surface area contributed by atoms with E-state index in [2.05, 4.69) is 0 Å². The van der Waals surface area contributed by atoms with E-state index in [0.717, 1.165) is 11.3 Å². The maximum absolute atomic E-state index is 13.9. The molecule has 0 radical (unpaired) electrons. The van der Waals surface area contributed by atoms with E-state index in [0.29, 0.717) is 37.5 Å². The molecule has 9 nitrogen and oxygen atoms in total. The summed E-state index contributed by atoms with van der Waals surface area (Å²) in [5, 5.41) is 11.3. The molecule has 10 heteroatoms. The molecule has 1 aliphatic rings. The fourth-order valence-electron chi connectivity index (χ4n) is 4.42. The van der Waals surface area contributed by atoms with Crippen LogP contribution in [0.5, 0.6) is 5.75 Å². The first-order valence-corrected chi connectivity index (χ1v) is 12.9. The first kappa shape index (κ1) is 25.8. The highest BCUT2D eigenvalue weighted by Crippen LogP contribution is 2.35. The minimum absolute atomic E-state index is 0.0800. The van der Waals surface area contributed by atoms with Crippen molar-refractivity contribution < 1.29 is 19.2 Å². The van der Waals surface area contributed by atoms with Gasteiger partial charge < -0.3 is 9.47 Å². The van der Waals surface area contributed by atoms with Crippen LogP contribution >= 0.6 is 11.3 Å². The van der Waals surface area contributed by atoms with Crippen molar-refractivity contribution in [2.75, 3.05) is 13.7 Å². The van der Waals surface area contributed by atoms with Gasteiger partial charge in [0.1, 0.15) is 5.75 Å². The molecule has 196 valence electrons. The Labute approximate surface area is 226 Å². The smallest absolute Gasteiger partial charge is 0.338 e. The van der Waals surface area contributed by atoms with E-state index in [4.69, 9.17) is 14.5 Å². The van der Waals surface area contributed by atoms with E-state index in [1.54, 1.807) is 56.5 Å². The molecular weight excluding hydrogens is 518 g/mol. The first-order valence-electron chi connectivity index (χ1n) is 12.1. The summed E-state index contributed by atoms with van der Waals surface area (Å²) in [6, 6.07) is 21.6. The molecule has 0 fully saturated rings. The maximum atomic E-state index is 13.9. The number of hydrogen-bond donors (Lipinski definition) is 0. The Balaban J connectivity index is 1.80. The van der Waals surface area contributed by atoms with Crippen molar-refractivity contribution in [3.05, 3.63) is 131 Å². The average Bonchev–Trinajstić information content (AvgIpc) is 3.27. The topological polar surface area (TPSA) is 113 Å². The van der Waals surface area contributed by atoms with Gasteiger partial charge in [-0.05, 0) is 36.3 Å². The summed E-state index contributed by atoms with van der Waals surface area (Å²) in [7, 11) is 1.56. The van der Waals surface area contributed by atoms with Crippen molar-refractivity contribution in [2.24, 2.45) is 4.99 Å². The lowest BCUT2D eigenvalue weighted by Gasteiger charge is -2.26. The zero-order valence-electron chi connectivity index (χ0n) is 21.1. The van der Waals surface area contributed by atoms with Crippen LogP contribution in [-0.2, 0) is 9.53 Å². The highest BCUT2D eigenvalue weighted by Gasteiger charge is 2.35.